The Morgan fingerprint density at radius 2 is 1.77 bits per heavy atom. The molecule has 116 valence electrons. The Hall–Kier alpha value is -2.20. The lowest BCUT2D eigenvalue weighted by Crippen LogP contribution is -2.30. The molecule has 0 heterocycles. The molecule has 0 fully saturated rings. The zero-order valence-corrected chi connectivity index (χ0v) is 12.8. The Bertz CT molecular complexity index is 598. The fourth-order valence-corrected chi connectivity index (χ4v) is 2.27. The van der Waals surface area contributed by atoms with Gasteiger partial charge in [-0.1, -0.05) is 30.3 Å². The number of benzene rings is 2. The van der Waals surface area contributed by atoms with E-state index < -0.39 is 5.97 Å². The van der Waals surface area contributed by atoms with Crippen LogP contribution in [0.5, 0.6) is 0 Å². The highest BCUT2D eigenvalue weighted by atomic mass is 19.1. The summed E-state index contributed by atoms with van der Waals surface area (Å²) in [5, 5.41) is 0. The van der Waals surface area contributed by atoms with E-state index in [9.17, 15) is 9.18 Å². The largest absolute Gasteiger partial charge is 0.458 e. The Morgan fingerprint density at radius 1 is 1.14 bits per heavy atom. The molecule has 0 N–H and O–H groups in total. The van der Waals surface area contributed by atoms with Crippen molar-refractivity contribution in [3.05, 3.63) is 71.5 Å². The summed E-state index contributed by atoms with van der Waals surface area (Å²) in [6.07, 6.45) is -0.244. The van der Waals surface area contributed by atoms with Crippen LogP contribution in [0.15, 0.2) is 54.6 Å². The molecule has 4 heteroatoms. The molecular weight excluding hydrogens is 281 g/mol. The van der Waals surface area contributed by atoms with Gasteiger partial charge in [0.15, 0.2) is 0 Å². The summed E-state index contributed by atoms with van der Waals surface area (Å²) >= 11 is 0. The number of carbonyl (C=O) groups is 1. The van der Waals surface area contributed by atoms with E-state index in [4.69, 9.17) is 4.74 Å². The highest BCUT2D eigenvalue weighted by Gasteiger charge is 2.14. The maximum Gasteiger partial charge on any atom is 0.338 e. The Morgan fingerprint density at radius 3 is 2.41 bits per heavy atom. The number of hydrogen-bond donors (Lipinski definition) is 0. The third-order valence-electron chi connectivity index (χ3n) is 3.25. The van der Waals surface area contributed by atoms with E-state index in [0.29, 0.717) is 12.1 Å². The van der Waals surface area contributed by atoms with E-state index in [1.54, 1.807) is 0 Å². The van der Waals surface area contributed by atoms with Gasteiger partial charge in [0.2, 0.25) is 0 Å². The number of halogens is 1. The van der Waals surface area contributed by atoms with Crippen molar-refractivity contribution in [1.29, 1.82) is 0 Å². The van der Waals surface area contributed by atoms with Crippen molar-refractivity contribution in [1.82, 2.24) is 4.90 Å². The van der Waals surface area contributed by atoms with Gasteiger partial charge in [-0.25, -0.2) is 9.18 Å². The molecule has 0 amide bonds. The van der Waals surface area contributed by atoms with Crippen LogP contribution in [0.1, 0.15) is 22.8 Å². The van der Waals surface area contributed by atoms with Gasteiger partial charge in [-0.05, 0) is 43.8 Å². The first kappa shape index (κ1) is 16.2. The molecule has 0 spiro atoms. The number of ether oxygens (including phenoxy) is 1. The lowest BCUT2D eigenvalue weighted by atomic mass is 10.2. The second kappa shape index (κ2) is 7.71. The first-order valence-corrected chi connectivity index (χ1v) is 7.23. The second-order valence-electron chi connectivity index (χ2n) is 5.41. The number of rotatable bonds is 6. The number of nitrogens with zero attached hydrogens (tertiary/aromatic N) is 1. The number of esters is 1. The molecule has 0 aliphatic rings. The van der Waals surface area contributed by atoms with Gasteiger partial charge in [-0.15, -0.1) is 0 Å². The molecule has 3 nitrogen and oxygen atoms in total. The van der Waals surface area contributed by atoms with Crippen LogP contribution >= 0.6 is 0 Å². The molecule has 0 radical (unpaired) electrons. The smallest absolute Gasteiger partial charge is 0.338 e. The summed E-state index contributed by atoms with van der Waals surface area (Å²) in [6.45, 7) is 3.27. The van der Waals surface area contributed by atoms with Crippen LogP contribution in [0, 0.1) is 5.82 Å². The van der Waals surface area contributed by atoms with Gasteiger partial charge in [-0.2, -0.15) is 0 Å². The van der Waals surface area contributed by atoms with E-state index in [1.807, 2.05) is 32.2 Å². The van der Waals surface area contributed by atoms with Crippen molar-refractivity contribution in [2.24, 2.45) is 0 Å². The van der Waals surface area contributed by atoms with Gasteiger partial charge in [0.25, 0.3) is 0 Å². The lowest BCUT2D eigenvalue weighted by Gasteiger charge is -2.21. The Labute approximate surface area is 130 Å². The van der Waals surface area contributed by atoms with Crippen molar-refractivity contribution in [3.8, 4) is 0 Å². The van der Waals surface area contributed by atoms with Crippen LogP contribution in [0.3, 0.4) is 0 Å². The summed E-state index contributed by atoms with van der Waals surface area (Å²) in [6, 6.07) is 15.5. The van der Waals surface area contributed by atoms with Crippen molar-refractivity contribution < 1.29 is 13.9 Å². The maximum atomic E-state index is 12.8. The summed E-state index contributed by atoms with van der Waals surface area (Å²) in [5.41, 5.74) is 1.57. The molecule has 22 heavy (non-hydrogen) atoms. The minimum atomic E-state index is -0.430. The third kappa shape index (κ3) is 4.97. The molecule has 0 saturated heterocycles. The molecule has 0 aliphatic carbocycles. The van der Waals surface area contributed by atoms with E-state index in [-0.39, 0.29) is 11.9 Å². The standard InChI is InChI=1S/C18H20FNO2/c1-14(12-20(2)13-15-6-4-3-5-7-15)22-18(21)16-8-10-17(19)11-9-16/h3-11,14H,12-13H2,1-2H3/t14-/m0/s1. The predicted molar refractivity (Wildman–Crippen MR) is 84.1 cm³/mol. The summed E-state index contributed by atoms with van der Waals surface area (Å²) in [7, 11) is 1.98. The van der Waals surface area contributed by atoms with Crippen LogP contribution in [-0.2, 0) is 11.3 Å². The Balaban J connectivity index is 1.83. The fraction of sp³-hybridized carbons (Fsp3) is 0.278. The fourth-order valence-electron chi connectivity index (χ4n) is 2.27. The molecule has 1 atom stereocenters. The average molecular weight is 301 g/mol. The van der Waals surface area contributed by atoms with Crippen molar-refractivity contribution in [2.45, 2.75) is 19.6 Å². The zero-order valence-electron chi connectivity index (χ0n) is 12.8. The number of likely N-dealkylation sites (N-methyl/N-ethyl adjacent to an activating group) is 1. The monoisotopic (exact) mass is 301 g/mol. The number of carbonyl (C=O) groups excluding carboxylic acids is 1. The molecule has 0 saturated carbocycles. The molecular formula is C18H20FNO2. The molecule has 0 aliphatic heterocycles. The second-order valence-corrected chi connectivity index (χ2v) is 5.41. The lowest BCUT2D eigenvalue weighted by molar-refractivity contribution is 0.0268. The van der Waals surface area contributed by atoms with Gasteiger partial charge < -0.3 is 4.74 Å². The van der Waals surface area contributed by atoms with Crippen molar-refractivity contribution in [3.63, 3.8) is 0 Å². The van der Waals surface area contributed by atoms with Gasteiger partial charge >= 0.3 is 5.97 Å². The minimum Gasteiger partial charge on any atom is -0.458 e. The molecule has 0 bridgehead atoms. The maximum absolute atomic E-state index is 12.8. The highest BCUT2D eigenvalue weighted by Crippen LogP contribution is 2.08. The molecule has 2 aromatic rings. The van der Waals surface area contributed by atoms with E-state index in [1.165, 1.54) is 29.8 Å². The van der Waals surface area contributed by atoms with E-state index in [0.717, 1.165) is 6.54 Å². The van der Waals surface area contributed by atoms with Crippen LogP contribution < -0.4 is 0 Å². The van der Waals surface area contributed by atoms with Gasteiger partial charge in [0.05, 0.1) is 5.56 Å². The first-order valence-electron chi connectivity index (χ1n) is 7.23. The van der Waals surface area contributed by atoms with E-state index >= 15 is 0 Å². The molecule has 0 aromatic heterocycles. The van der Waals surface area contributed by atoms with E-state index in [2.05, 4.69) is 17.0 Å². The normalized spacial score (nSPS) is 12.2. The minimum absolute atomic E-state index is 0.244. The topological polar surface area (TPSA) is 29.5 Å². The predicted octanol–water partition coefficient (Wildman–Crippen LogP) is 3.50. The van der Waals surface area contributed by atoms with Crippen molar-refractivity contribution >= 4 is 5.97 Å². The zero-order chi connectivity index (χ0) is 15.9. The molecule has 2 aromatic carbocycles. The van der Waals surface area contributed by atoms with Crippen molar-refractivity contribution in [2.75, 3.05) is 13.6 Å². The van der Waals surface area contributed by atoms with Gasteiger partial charge in [-0.3, -0.25) is 4.90 Å². The van der Waals surface area contributed by atoms with Crippen LogP contribution in [0.4, 0.5) is 4.39 Å². The van der Waals surface area contributed by atoms with Crippen LogP contribution in [0.2, 0.25) is 0 Å². The third-order valence-corrected chi connectivity index (χ3v) is 3.25. The van der Waals surface area contributed by atoms with Gasteiger partial charge in [0, 0.05) is 13.1 Å². The summed E-state index contributed by atoms with van der Waals surface area (Å²) in [5.74, 6) is -0.798. The molecule has 2 rings (SSSR count). The highest BCUT2D eigenvalue weighted by molar-refractivity contribution is 5.89. The van der Waals surface area contributed by atoms with Gasteiger partial charge in [0.1, 0.15) is 11.9 Å². The average Bonchev–Trinajstić information content (AvgIpc) is 2.48. The summed E-state index contributed by atoms with van der Waals surface area (Å²) < 4.78 is 18.2. The Kier molecular flexibility index (Phi) is 5.67. The SMILES string of the molecule is C[C@@H](CN(C)Cc1ccccc1)OC(=O)c1ccc(F)cc1. The summed E-state index contributed by atoms with van der Waals surface area (Å²) in [4.78, 5) is 14.0. The quantitative estimate of drug-likeness (QED) is 0.765. The number of hydrogen-bond acceptors (Lipinski definition) is 3. The molecule has 0 unspecified atom stereocenters. The van der Waals surface area contributed by atoms with Crippen LogP contribution in [-0.4, -0.2) is 30.6 Å². The first-order chi connectivity index (χ1) is 10.5. The van der Waals surface area contributed by atoms with Crippen LogP contribution in [0.25, 0.3) is 0 Å².